The number of hydrogen-bond donors (Lipinski definition) is 1. The molecular formula is C17H20N2O3. The standard InChI is InChI=1S/C17H20N2O3/c1-4-22-17(21)15-9-13-12-7-5-6-8-14(12)18-16(13)10(2)19(15)11(3)20/h5-8,10,15,18H,4,9H2,1-3H3/t10-,15-/m1/s1. The van der Waals surface area contributed by atoms with Gasteiger partial charge in [0.2, 0.25) is 5.91 Å². The largest absolute Gasteiger partial charge is 0.464 e. The summed E-state index contributed by atoms with van der Waals surface area (Å²) in [6.07, 6.45) is 0.488. The van der Waals surface area contributed by atoms with Crippen LogP contribution >= 0.6 is 0 Å². The van der Waals surface area contributed by atoms with E-state index in [1.807, 2.05) is 31.2 Å². The maximum atomic E-state index is 12.3. The lowest BCUT2D eigenvalue weighted by atomic mass is 9.92. The fourth-order valence-corrected chi connectivity index (χ4v) is 3.43. The number of nitrogens with zero attached hydrogens (tertiary/aromatic N) is 1. The van der Waals surface area contributed by atoms with Gasteiger partial charge < -0.3 is 14.6 Å². The molecule has 1 aliphatic heterocycles. The summed E-state index contributed by atoms with van der Waals surface area (Å²) >= 11 is 0. The van der Waals surface area contributed by atoms with Crippen molar-refractivity contribution >= 4 is 22.8 Å². The molecule has 0 spiro atoms. The van der Waals surface area contributed by atoms with E-state index in [1.165, 1.54) is 6.92 Å². The smallest absolute Gasteiger partial charge is 0.329 e. The first-order valence-electron chi connectivity index (χ1n) is 7.59. The zero-order chi connectivity index (χ0) is 15.9. The minimum absolute atomic E-state index is 0.116. The average Bonchev–Trinajstić information content (AvgIpc) is 2.86. The predicted molar refractivity (Wildman–Crippen MR) is 83.4 cm³/mol. The molecule has 1 aromatic carbocycles. The number of amides is 1. The molecule has 0 bridgehead atoms. The normalized spacial score (nSPS) is 20.8. The van der Waals surface area contributed by atoms with Crippen molar-refractivity contribution in [1.82, 2.24) is 9.88 Å². The predicted octanol–water partition coefficient (Wildman–Crippen LogP) is 2.57. The van der Waals surface area contributed by atoms with Crippen molar-refractivity contribution in [3.63, 3.8) is 0 Å². The van der Waals surface area contributed by atoms with E-state index >= 15 is 0 Å². The number of carbonyl (C=O) groups is 2. The summed E-state index contributed by atoms with van der Waals surface area (Å²) in [5, 5.41) is 1.11. The molecule has 2 heterocycles. The Morgan fingerprint density at radius 2 is 2.09 bits per heavy atom. The highest BCUT2D eigenvalue weighted by Crippen LogP contribution is 2.37. The van der Waals surface area contributed by atoms with Gasteiger partial charge in [0.15, 0.2) is 0 Å². The van der Waals surface area contributed by atoms with Crippen LogP contribution in [0.25, 0.3) is 10.9 Å². The second kappa shape index (κ2) is 5.48. The van der Waals surface area contributed by atoms with E-state index < -0.39 is 6.04 Å². The minimum atomic E-state index is -0.556. The van der Waals surface area contributed by atoms with Crippen LogP contribution in [0.15, 0.2) is 24.3 Å². The molecule has 2 atom stereocenters. The van der Waals surface area contributed by atoms with E-state index in [1.54, 1.807) is 11.8 Å². The molecule has 0 saturated carbocycles. The van der Waals surface area contributed by atoms with E-state index in [-0.39, 0.29) is 17.9 Å². The first-order valence-corrected chi connectivity index (χ1v) is 7.59. The molecule has 3 rings (SSSR count). The van der Waals surface area contributed by atoms with Crippen LogP contribution in [-0.4, -0.2) is 34.4 Å². The molecule has 0 fully saturated rings. The lowest BCUT2D eigenvalue weighted by Crippen LogP contribution is -2.50. The topological polar surface area (TPSA) is 62.4 Å². The number of esters is 1. The highest BCUT2D eigenvalue weighted by molar-refractivity contribution is 5.89. The van der Waals surface area contributed by atoms with Gasteiger partial charge >= 0.3 is 5.97 Å². The molecule has 0 aliphatic carbocycles. The van der Waals surface area contributed by atoms with Crippen molar-refractivity contribution in [1.29, 1.82) is 0 Å². The second-order valence-corrected chi connectivity index (χ2v) is 5.64. The van der Waals surface area contributed by atoms with Gasteiger partial charge in [-0.1, -0.05) is 18.2 Å². The Balaban J connectivity index is 2.11. The Hall–Kier alpha value is -2.30. The summed E-state index contributed by atoms with van der Waals surface area (Å²) < 4.78 is 5.17. The van der Waals surface area contributed by atoms with Crippen molar-refractivity contribution in [3.8, 4) is 0 Å². The number of nitrogens with one attached hydrogen (secondary N) is 1. The second-order valence-electron chi connectivity index (χ2n) is 5.64. The summed E-state index contributed by atoms with van der Waals surface area (Å²) in [7, 11) is 0. The fraction of sp³-hybridized carbons (Fsp3) is 0.412. The van der Waals surface area contributed by atoms with Gasteiger partial charge in [-0.3, -0.25) is 4.79 Å². The Bertz CT molecular complexity index is 735. The van der Waals surface area contributed by atoms with E-state index in [0.29, 0.717) is 13.0 Å². The molecule has 1 N–H and O–H groups in total. The number of rotatable bonds is 2. The third-order valence-electron chi connectivity index (χ3n) is 4.34. The summed E-state index contributed by atoms with van der Waals surface area (Å²) in [5.41, 5.74) is 3.16. The molecule has 0 unspecified atom stereocenters. The number of benzene rings is 1. The number of hydrogen-bond acceptors (Lipinski definition) is 3. The molecule has 0 saturated heterocycles. The fourth-order valence-electron chi connectivity index (χ4n) is 3.43. The SMILES string of the molecule is CCOC(=O)[C@H]1Cc2c([nH]c3ccccc23)[C@@H](C)N1C(C)=O. The molecule has 5 heteroatoms. The van der Waals surface area contributed by atoms with Gasteiger partial charge in [0.25, 0.3) is 0 Å². The van der Waals surface area contributed by atoms with E-state index in [2.05, 4.69) is 4.98 Å². The summed E-state index contributed by atoms with van der Waals surface area (Å²) in [5.74, 6) is -0.449. The lowest BCUT2D eigenvalue weighted by Gasteiger charge is -2.38. The zero-order valence-corrected chi connectivity index (χ0v) is 13.1. The van der Waals surface area contributed by atoms with Gasteiger partial charge in [-0.2, -0.15) is 0 Å². The number of para-hydroxylation sites is 1. The molecule has 5 nitrogen and oxygen atoms in total. The zero-order valence-electron chi connectivity index (χ0n) is 13.1. The third kappa shape index (κ3) is 2.17. The number of ether oxygens (including phenoxy) is 1. The average molecular weight is 300 g/mol. The van der Waals surface area contributed by atoms with Gasteiger partial charge in [-0.05, 0) is 25.5 Å². The first-order chi connectivity index (χ1) is 10.5. The van der Waals surface area contributed by atoms with E-state index in [9.17, 15) is 9.59 Å². The highest BCUT2D eigenvalue weighted by atomic mass is 16.5. The van der Waals surface area contributed by atoms with Crippen LogP contribution in [0.2, 0.25) is 0 Å². The van der Waals surface area contributed by atoms with Crippen LogP contribution in [0.4, 0.5) is 0 Å². The van der Waals surface area contributed by atoms with Gasteiger partial charge in [-0.25, -0.2) is 4.79 Å². The number of aromatic amines is 1. The molecule has 2 aromatic rings. The van der Waals surface area contributed by atoms with Gasteiger partial charge in [0.05, 0.1) is 12.6 Å². The third-order valence-corrected chi connectivity index (χ3v) is 4.34. The van der Waals surface area contributed by atoms with Crippen LogP contribution in [0.3, 0.4) is 0 Å². The number of aromatic nitrogens is 1. The van der Waals surface area contributed by atoms with Crippen LogP contribution in [0.5, 0.6) is 0 Å². The van der Waals surface area contributed by atoms with Crippen LogP contribution < -0.4 is 0 Å². The lowest BCUT2D eigenvalue weighted by molar-refractivity contribution is -0.156. The van der Waals surface area contributed by atoms with Crippen LogP contribution in [0, 0.1) is 0 Å². The number of fused-ring (bicyclic) bond motifs is 3. The van der Waals surface area contributed by atoms with Crippen molar-refractivity contribution in [2.24, 2.45) is 0 Å². The Morgan fingerprint density at radius 3 is 2.77 bits per heavy atom. The van der Waals surface area contributed by atoms with Gasteiger partial charge in [-0.15, -0.1) is 0 Å². The van der Waals surface area contributed by atoms with Gasteiger partial charge in [0, 0.05) is 29.9 Å². The Kier molecular flexibility index (Phi) is 3.64. The Labute approximate surface area is 129 Å². The van der Waals surface area contributed by atoms with Crippen LogP contribution in [-0.2, 0) is 20.7 Å². The quantitative estimate of drug-likeness (QED) is 0.867. The van der Waals surface area contributed by atoms with Gasteiger partial charge in [0.1, 0.15) is 6.04 Å². The molecule has 116 valence electrons. The number of carbonyl (C=O) groups excluding carboxylic acids is 2. The maximum absolute atomic E-state index is 12.3. The molecule has 1 aromatic heterocycles. The summed E-state index contributed by atoms with van der Waals surface area (Å²) in [6.45, 7) is 5.53. The molecule has 1 aliphatic rings. The van der Waals surface area contributed by atoms with Crippen molar-refractivity contribution in [2.45, 2.75) is 39.3 Å². The summed E-state index contributed by atoms with van der Waals surface area (Å²) in [4.78, 5) is 29.4. The van der Waals surface area contributed by atoms with Crippen molar-refractivity contribution < 1.29 is 14.3 Å². The minimum Gasteiger partial charge on any atom is -0.464 e. The maximum Gasteiger partial charge on any atom is 0.329 e. The van der Waals surface area contributed by atoms with Crippen molar-refractivity contribution in [2.75, 3.05) is 6.61 Å². The number of H-pyrrole nitrogens is 1. The first kappa shape index (κ1) is 14.6. The highest BCUT2D eigenvalue weighted by Gasteiger charge is 2.40. The molecular weight excluding hydrogens is 280 g/mol. The Morgan fingerprint density at radius 1 is 1.36 bits per heavy atom. The summed E-state index contributed by atoms with van der Waals surface area (Å²) in [6, 6.07) is 7.28. The molecule has 22 heavy (non-hydrogen) atoms. The molecule has 0 radical (unpaired) electrons. The van der Waals surface area contributed by atoms with E-state index in [4.69, 9.17) is 4.74 Å². The van der Waals surface area contributed by atoms with Crippen molar-refractivity contribution in [3.05, 3.63) is 35.5 Å². The monoisotopic (exact) mass is 300 g/mol. The van der Waals surface area contributed by atoms with Crippen LogP contribution in [0.1, 0.15) is 38.1 Å². The molecule has 1 amide bonds. The van der Waals surface area contributed by atoms with E-state index in [0.717, 1.165) is 22.2 Å².